The highest BCUT2D eigenvalue weighted by molar-refractivity contribution is 7.15. The number of rotatable bonds is 10. The molecule has 0 amide bonds. The summed E-state index contributed by atoms with van der Waals surface area (Å²) in [6.45, 7) is 16.3. The topological polar surface area (TPSA) is 19.4 Å². The fourth-order valence-electron chi connectivity index (χ4n) is 8.45. The highest BCUT2D eigenvalue weighted by atomic mass is 28.3. The van der Waals surface area contributed by atoms with Gasteiger partial charge in [-0.2, -0.15) is 0 Å². The molecule has 6 nitrogen and oxygen atoms in total. The molecule has 0 bridgehead atoms. The molecule has 0 unspecified atom stereocenters. The molecule has 0 radical (unpaired) electrons. The summed E-state index contributed by atoms with van der Waals surface area (Å²) in [5, 5.41) is 4.35. The molecular formula is C42H64N6Si. The average Bonchev–Trinajstić information content (AvgIpc) is 3.19. The van der Waals surface area contributed by atoms with Crippen LogP contribution in [-0.2, 0) is 0 Å². The summed E-state index contributed by atoms with van der Waals surface area (Å²) in [5.41, 5.74) is 17.6. The molecule has 1 aliphatic rings. The quantitative estimate of drug-likeness (QED) is 0.178. The van der Waals surface area contributed by atoms with Gasteiger partial charge in [0.25, 0.3) is 0 Å². The van der Waals surface area contributed by atoms with Crippen molar-refractivity contribution in [2.45, 2.75) is 54.0 Å². The number of allylic oxidation sites excluding steroid dienone is 4. The van der Waals surface area contributed by atoms with Gasteiger partial charge >= 0.3 is 0 Å². The zero-order chi connectivity index (χ0) is 37.0. The van der Waals surface area contributed by atoms with E-state index in [-0.39, 0.29) is 5.54 Å². The molecule has 7 heteroatoms. The summed E-state index contributed by atoms with van der Waals surface area (Å²) in [7, 11) is 23.3. The maximum atomic E-state index is 2.57. The monoisotopic (exact) mass is 680 g/mol. The van der Waals surface area contributed by atoms with Crippen LogP contribution in [-0.4, -0.2) is 92.6 Å². The lowest BCUT2D eigenvalue weighted by atomic mass is 10.1. The van der Waals surface area contributed by atoms with Gasteiger partial charge in [0.15, 0.2) is 8.07 Å². The zero-order valence-corrected chi connectivity index (χ0v) is 35.2. The second-order valence-electron chi connectivity index (χ2n) is 15.7. The first-order valence-corrected chi connectivity index (χ1v) is 19.6. The van der Waals surface area contributed by atoms with Gasteiger partial charge in [-0.1, -0.05) is 11.1 Å². The molecule has 0 atom stereocenters. The average molecular weight is 681 g/mol. The molecule has 49 heavy (non-hydrogen) atoms. The van der Waals surface area contributed by atoms with Crippen LogP contribution >= 0.6 is 0 Å². The summed E-state index contributed by atoms with van der Waals surface area (Å²) in [6, 6.07) is 15.1. The highest BCUT2D eigenvalue weighted by Crippen LogP contribution is 2.49. The van der Waals surface area contributed by atoms with Crippen LogP contribution in [0, 0.1) is 20.8 Å². The van der Waals surface area contributed by atoms with Crippen molar-refractivity contribution in [3.63, 3.8) is 0 Å². The van der Waals surface area contributed by atoms with E-state index in [0.29, 0.717) is 0 Å². The van der Waals surface area contributed by atoms with E-state index in [2.05, 4.69) is 199 Å². The number of anilines is 6. The minimum absolute atomic E-state index is 0.205. The highest BCUT2D eigenvalue weighted by Gasteiger charge is 2.54. The summed E-state index contributed by atoms with van der Waals surface area (Å²) >= 11 is 0. The summed E-state index contributed by atoms with van der Waals surface area (Å²) in [6.07, 6.45) is 0. The largest absolute Gasteiger partial charge is 0.378 e. The lowest BCUT2D eigenvalue weighted by Crippen LogP contribution is -2.72. The minimum atomic E-state index is -3.14. The van der Waals surface area contributed by atoms with Gasteiger partial charge in [-0.25, -0.2) is 0 Å². The molecule has 3 aromatic rings. The van der Waals surface area contributed by atoms with Gasteiger partial charge in [0.2, 0.25) is 0 Å². The lowest BCUT2D eigenvalue weighted by Gasteiger charge is -2.46. The third kappa shape index (κ3) is 6.24. The van der Waals surface area contributed by atoms with E-state index in [1.165, 1.54) is 88.7 Å². The molecule has 0 fully saturated rings. The van der Waals surface area contributed by atoms with Gasteiger partial charge in [0.05, 0.1) is 0 Å². The van der Waals surface area contributed by atoms with Crippen molar-refractivity contribution in [3.8, 4) is 0 Å². The van der Waals surface area contributed by atoms with E-state index in [9.17, 15) is 0 Å². The van der Waals surface area contributed by atoms with Crippen molar-refractivity contribution in [3.05, 3.63) is 75.4 Å². The Morgan fingerprint density at radius 2 is 0.571 bits per heavy atom. The first-order valence-electron chi connectivity index (χ1n) is 17.5. The normalized spacial score (nSPS) is 13.8. The molecule has 0 saturated carbocycles. The van der Waals surface area contributed by atoms with Gasteiger partial charge in [-0.3, -0.25) is 0 Å². The lowest BCUT2D eigenvalue weighted by molar-refractivity contribution is 1.06. The Balaban J connectivity index is 2.57. The molecule has 3 aromatic carbocycles. The molecule has 0 aromatic heterocycles. The Morgan fingerprint density at radius 1 is 0.347 bits per heavy atom. The van der Waals surface area contributed by atoms with Gasteiger partial charge in [0.1, 0.15) is 0 Å². The molecule has 0 saturated heterocycles. The van der Waals surface area contributed by atoms with Crippen molar-refractivity contribution in [2.24, 2.45) is 0 Å². The first-order chi connectivity index (χ1) is 22.7. The Bertz CT molecular complexity index is 1620. The maximum Gasteiger partial charge on any atom is 0.167 e. The van der Waals surface area contributed by atoms with E-state index in [0.717, 1.165) is 0 Å². The van der Waals surface area contributed by atoms with Crippen molar-refractivity contribution < 1.29 is 0 Å². The second-order valence-corrected chi connectivity index (χ2v) is 19.5. The Morgan fingerprint density at radius 3 is 0.776 bits per heavy atom. The van der Waals surface area contributed by atoms with E-state index in [4.69, 9.17) is 0 Å². The molecule has 0 aliphatic heterocycles. The van der Waals surface area contributed by atoms with Gasteiger partial charge in [-0.15, -0.1) is 0 Å². The Labute approximate surface area is 300 Å². The number of hydrogen-bond acceptors (Lipinski definition) is 6. The third-order valence-corrected chi connectivity index (χ3v) is 16.6. The smallest absolute Gasteiger partial charge is 0.167 e. The van der Waals surface area contributed by atoms with Crippen LogP contribution in [0.25, 0.3) is 0 Å². The number of nitrogens with zero attached hydrogens (tertiary/aromatic N) is 6. The van der Waals surface area contributed by atoms with E-state index in [1.54, 1.807) is 0 Å². The third-order valence-electron chi connectivity index (χ3n) is 11.2. The Hall–Kier alpha value is -3.84. The number of benzene rings is 3. The molecule has 0 spiro atoms. The Kier molecular flexibility index (Phi) is 10.7. The van der Waals surface area contributed by atoms with Crippen LogP contribution in [0.15, 0.2) is 58.7 Å². The predicted molar refractivity (Wildman–Crippen MR) is 225 cm³/mol. The summed E-state index contributed by atoms with van der Waals surface area (Å²) < 4.78 is 0. The van der Waals surface area contributed by atoms with Crippen LogP contribution in [0.3, 0.4) is 0 Å². The molecular weight excluding hydrogens is 617 g/mol. The predicted octanol–water partition coefficient (Wildman–Crippen LogP) is 6.53. The number of hydrogen-bond donors (Lipinski definition) is 0. The van der Waals surface area contributed by atoms with Gasteiger partial charge in [-0.05, 0) is 128 Å². The van der Waals surface area contributed by atoms with Crippen molar-refractivity contribution in [1.29, 1.82) is 0 Å². The van der Waals surface area contributed by atoms with E-state index < -0.39 is 8.07 Å². The fraction of sp³-hybridized carbons (Fsp3) is 0.476. The molecule has 1 aliphatic carbocycles. The molecule has 266 valence electrons. The van der Waals surface area contributed by atoms with Crippen LogP contribution in [0.2, 0.25) is 5.54 Å². The van der Waals surface area contributed by atoms with Crippen LogP contribution in [0.5, 0.6) is 0 Å². The van der Waals surface area contributed by atoms with Crippen molar-refractivity contribution in [1.82, 2.24) is 0 Å². The van der Waals surface area contributed by atoms with Crippen molar-refractivity contribution >= 4 is 57.8 Å². The van der Waals surface area contributed by atoms with Gasteiger partial charge in [0, 0.05) is 124 Å². The summed E-state index contributed by atoms with van der Waals surface area (Å²) in [4.78, 5) is 14.0. The molecule has 0 heterocycles. The first kappa shape index (κ1) is 38.0. The molecule has 4 rings (SSSR count). The van der Waals surface area contributed by atoms with Crippen molar-refractivity contribution in [2.75, 3.05) is 114 Å². The van der Waals surface area contributed by atoms with Crippen LogP contribution < -0.4 is 45.0 Å². The standard InChI is InChI=1S/C42H64N6Si/c1-26-20-36(46(14)15)39(23-33(26)43(8)9)49(42-31(6)29(4)30(5)32(42)7,40-24-34(44(10)11)27(2)21-37(40)47(16)17)41-25-35(45(12)13)28(3)22-38(41)48(18)19/h20-25,42H,1-19H3. The van der Waals surface area contributed by atoms with E-state index >= 15 is 0 Å². The van der Waals surface area contributed by atoms with Crippen LogP contribution in [0.1, 0.15) is 44.4 Å². The van der Waals surface area contributed by atoms with E-state index in [1.807, 2.05) is 0 Å². The fourth-order valence-corrected chi connectivity index (χ4v) is 15.2. The molecule has 0 N–H and O–H groups in total. The van der Waals surface area contributed by atoms with Crippen LogP contribution in [0.4, 0.5) is 34.1 Å². The second kappa shape index (κ2) is 13.8. The zero-order valence-electron chi connectivity index (χ0n) is 34.2. The van der Waals surface area contributed by atoms with Gasteiger partial charge < -0.3 is 29.4 Å². The minimum Gasteiger partial charge on any atom is -0.378 e. The maximum absolute atomic E-state index is 3.14. The summed E-state index contributed by atoms with van der Waals surface area (Å²) in [5.74, 6) is 0. The SMILES string of the molecule is CC1=C(C)C([Si](c2cc(N(C)C)c(C)cc2N(C)C)(c2cc(N(C)C)c(C)cc2N(C)C)c2cc(N(C)C)c(C)cc2N(C)C)C(C)=C1C. The number of aryl methyl sites for hydroxylation is 3.